The number of hydrogen-bond acceptors (Lipinski definition) is 4. The Morgan fingerprint density at radius 3 is 2.55 bits per heavy atom. The molecule has 0 spiro atoms. The highest BCUT2D eigenvalue weighted by atomic mass is 19.4. The van der Waals surface area contributed by atoms with Gasteiger partial charge < -0.3 is 4.57 Å². The van der Waals surface area contributed by atoms with Crippen LogP contribution in [0.2, 0.25) is 0 Å². The van der Waals surface area contributed by atoms with Gasteiger partial charge in [0.05, 0.1) is 33.3 Å². The molecule has 0 amide bonds. The van der Waals surface area contributed by atoms with Crippen molar-refractivity contribution < 1.29 is 13.2 Å². The summed E-state index contributed by atoms with van der Waals surface area (Å²) in [5, 5.41) is 0.989. The Morgan fingerprint density at radius 2 is 1.74 bits per heavy atom. The average Bonchev–Trinajstić information content (AvgIpc) is 3.08. The predicted octanol–water partition coefficient (Wildman–Crippen LogP) is 5.18. The summed E-state index contributed by atoms with van der Waals surface area (Å²) in [5.41, 5.74) is 3.49. The number of fused-ring (bicyclic) bond motifs is 4. The first kappa shape index (κ1) is 19.4. The Labute approximate surface area is 175 Å². The first-order valence-electron chi connectivity index (χ1n) is 9.84. The highest BCUT2D eigenvalue weighted by molar-refractivity contribution is 6.02. The molecule has 3 aromatic heterocycles. The van der Waals surface area contributed by atoms with E-state index in [2.05, 4.69) is 15.0 Å². The molecule has 0 unspecified atom stereocenters. The number of alkyl halides is 3. The van der Waals surface area contributed by atoms with E-state index < -0.39 is 11.7 Å². The summed E-state index contributed by atoms with van der Waals surface area (Å²) < 4.78 is 41.9. The number of halogens is 3. The molecule has 0 aliphatic heterocycles. The van der Waals surface area contributed by atoms with Crippen LogP contribution in [0.1, 0.15) is 22.6 Å². The summed E-state index contributed by atoms with van der Waals surface area (Å²) in [6.45, 7) is 1.74. The lowest BCUT2D eigenvalue weighted by atomic mass is 10.1. The minimum absolute atomic E-state index is 0.113. The van der Waals surface area contributed by atoms with E-state index in [0.29, 0.717) is 24.1 Å². The molecule has 0 atom stereocenters. The Kier molecular flexibility index (Phi) is 4.39. The maximum absolute atomic E-state index is 13.3. The van der Waals surface area contributed by atoms with Gasteiger partial charge in [0.15, 0.2) is 0 Å². The van der Waals surface area contributed by atoms with Crippen LogP contribution in [0.4, 0.5) is 13.2 Å². The van der Waals surface area contributed by atoms with Gasteiger partial charge >= 0.3 is 6.18 Å². The number of hydrogen-bond donors (Lipinski definition) is 0. The zero-order chi connectivity index (χ0) is 21.8. The third-order valence-corrected chi connectivity index (χ3v) is 5.59. The molecule has 0 N–H and O–H groups in total. The van der Waals surface area contributed by atoms with E-state index in [4.69, 9.17) is 4.98 Å². The van der Waals surface area contributed by atoms with Crippen molar-refractivity contribution in [2.24, 2.45) is 7.05 Å². The number of aryl methyl sites for hydroxylation is 4. The fourth-order valence-electron chi connectivity index (χ4n) is 3.93. The fourth-order valence-corrected chi connectivity index (χ4v) is 3.93. The first-order valence-corrected chi connectivity index (χ1v) is 9.84. The summed E-state index contributed by atoms with van der Waals surface area (Å²) in [5.74, 6) is 0.869. The second-order valence-electron chi connectivity index (χ2n) is 7.58. The summed E-state index contributed by atoms with van der Waals surface area (Å²) in [4.78, 5) is 17.8. The number of rotatable bonds is 3. The van der Waals surface area contributed by atoms with Crippen molar-refractivity contribution in [3.63, 3.8) is 0 Å². The maximum Gasteiger partial charge on any atom is 0.418 e. The maximum atomic E-state index is 13.3. The molecule has 156 valence electrons. The molecule has 0 aliphatic carbocycles. The van der Waals surface area contributed by atoms with Gasteiger partial charge in [0.2, 0.25) is 0 Å². The molecule has 8 heteroatoms. The molecule has 31 heavy (non-hydrogen) atoms. The average molecular weight is 421 g/mol. The molecule has 2 aromatic carbocycles. The van der Waals surface area contributed by atoms with Gasteiger partial charge in [-0.3, -0.25) is 9.97 Å². The second-order valence-corrected chi connectivity index (χ2v) is 7.58. The summed E-state index contributed by atoms with van der Waals surface area (Å²) in [7, 11) is 1.96. The molecule has 0 radical (unpaired) electrons. The van der Waals surface area contributed by atoms with Gasteiger partial charge in [-0.2, -0.15) is 13.2 Å². The minimum atomic E-state index is -4.47. The van der Waals surface area contributed by atoms with Crippen LogP contribution in [-0.4, -0.2) is 24.5 Å². The van der Waals surface area contributed by atoms with Gasteiger partial charge in [-0.25, -0.2) is 9.97 Å². The Bertz CT molecular complexity index is 1450. The SMILES string of the molecule is Cc1ccc(C(F)(F)F)c2ncc(CCc3nc4c5cccnc5ccc4n3C)nc12. The zero-order valence-electron chi connectivity index (χ0n) is 16.9. The number of nitrogens with zero attached hydrogens (tertiary/aromatic N) is 5. The van der Waals surface area contributed by atoms with Crippen molar-refractivity contribution in [2.45, 2.75) is 25.9 Å². The molecule has 0 fully saturated rings. The number of imidazole rings is 1. The smallest absolute Gasteiger partial charge is 0.331 e. The van der Waals surface area contributed by atoms with Crippen molar-refractivity contribution in [3.05, 3.63) is 71.4 Å². The number of pyridine rings is 1. The third kappa shape index (κ3) is 3.28. The summed E-state index contributed by atoms with van der Waals surface area (Å²) >= 11 is 0. The van der Waals surface area contributed by atoms with Crippen molar-refractivity contribution in [1.82, 2.24) is 24.5 Å². The molecular weight excluding hydrogens is 403 g/mol. The Morgan fingerprint density at radius 1 is 0.903 bits per heavy atom. The lowest BCUT2D eigenvalue weighted by molar-refractivity contribution is -0.136. The van der Waals surface area contributed by atoms with Gasteiger partial charge in [0, 0.05) is 31.2 Å². The van der Waals surface area contributed by atoms with Crippen LogP contribution < -0.4 is 0 Å². The van der Waals surface area contributed by atoms with Crippen molar-refractivity contribution in [2.75, 3.05) is 0 Å². The molecule has 0 saturated carbocycles. The largest absolute Gasteiger partial charge is 0.418 e. The van der Waals surface area contributed by atoms with E-state index in [0.717, 1.165) is 33.8 Å². The molecule has 5 aromatic rings. The van der Waals surface area contributed by atoms with Gasteiger partial charge in [-0.1, -0.05) is 6.07 Å². The van der Waals surface area contributed by atoms with E-state index in [-0.39, 0.29) is 11.0 Å². The van der Waals surface area contributed by atoms with E-state index >= 15 is 0 Å². The quantitative estimate of drug-likeness (QED) is 0.403. The molecule has 3 heterocycles. The van der Waals surface area contributed by atoms with E-state index in [1.54, 1.807) is 13.1 Å². The fraction of sp³-hybridized carbons (Fsp3) is 0.217. The first-order chi connectivity index (χ1) is 14.8. The highest BCUT2D eigenvalue weighted by Crippen LogP contribution is 2.34. The molecule has 0 saturated heterocycles. The van der Waals surface area contributed by atoms with Gasteiger partial charge in [0.1, 0.15) is 11.3 Å². The molecule has 0 bridgehead atoms. The summed E-state index contributed by atoms with van der Waals surface area (Å²) in [6.07, 6.45) is -0.175. The van der Waals surface area contributed by atoms with Crippen LogP contribution in [0.15, 0.2) is 48.8 Å². The van der Waals surface area contributed by atoms with E-state index in [1.165, 1.54) is 12.3 Å². The van der Waals surface area contributed by atoms with Crippen LogP contribution in [0, 0.1) is 6.92 Å². The van der Waals surface area contributed by atoms with Crippen molar-refractivity contribution >= 4 is 33.0 Å². The van der Waals surface area contributed by atoms with Crippen LogP contribution in [-0.2, 0) is 26.1 Å². The van der Waals surface area contributed by atoms with E-state index in [9.17, 15) is 13.2 Å². The van der Waals surface area contributed by atoms with Gasteiger partial charge in [-0.15, -0.1) is 0 Å². The highest BCUT2D eigenvalue weighted by Gasteiger charge is 2.33. The van der Waals surface area contributed by atoms with Crippen LogP contribution >= 0.6 is 0 Å². The molecule has 5 rings (SSSR count). The van der Waals surface area contributed by atoms with Crippen LogP contribution in [0.5, 0.6) is 0 Å². The lowest BCUT2D eigenvalue weighted by Gasteiger charge is -2.11. The normalized spacial score (nSPS) is 12.3. The zero-order valence-corrected chi connectivity index (χ0v) is 16.9. The van der Waals surface area contributed by atoms with Crippen molar-refractivity contribution in [1.29, 1.82) is 0 Å². The van der Waals surface area contributed by atoms with Gasteiger partial charge in [-0.05, 0) is 49.2 Å². The summed E-state index contributed by atoms with van der Waals surface area (Å²) in [6, 6.07) is 10.4. The second kappa shape index (κ2) is 7.01. The lowest BCUT2D eigenvalue weighted by Crippen LogP contribution is -2.09. The van der Waals surface area contributed by atoms with E-state index in [1.807, 2.05) is 35.9 Å². The molecular formula is C23H18F3N5. The molecule has 5 nitrogen and oxygen atoms in total. The predicted molar refractivity (Wildman–Crippen MR) is 113 cm³/mol. The Hall–Kier alpha value is -3.55. The third-order valence-electron chi connectivity index (χ3n) is 5.59. The minimum Gasteiger partial charge on any atom is -0.331 e. The number of aromatic nitrogens is 5. The van der Waals surface area contributed by atoms with Gasteiger partial charge in [0.25, 0.3) is 0 Å². The number of benzene rings is 2. The van der Waals surface area contributed by atoms with Crippen molar-refractivity contribution in [3.8, 4) is 0 Å². The monoisotopic (exact) mass is 421 g/mol. The molecule has 0 aliphatic rings. The standard InChI is InChI=1S/C23H18F3N5/c1-13-5-7-16(23(24,25)26)22-20(13)29-14(12-28-22)6-10-19-30-21-15-4-3-11-27-17(15)8-9-18(21)31(19)2/h3-5,7-9,11-12H,6,10H2,1-2H3. The topological polar surface area (TPSA) is 56.5 Å². The van der Waals surface area contributed by atoms with Crippen LogP contribution in [0.3, 0.4) is 0 Å². The Balaban J connectivity index is 1.50. The van der Waals surface area contributed by atoms with Crippen LogP contribution in [0.25, 0.3) is 33.0 Å².